The summed E-state index contributed by atoms with van der Waals surface area (Å²) in [5, 5.41) is 6.96. The number of aromatic amines is 1. The number of hydrogen-bond donors (Lipinski definition) is 2. The average molecular weight is 296 g/mol. The Hall–Kier alpha value is -2.89. The molecule has 3 rings (SSSR count). The second-order valence-corrected chi connectivity index (χ2v) is 5.30. The highest BCUT2D eigenvalue weighted by atomic mass is 16.2. The van der Waals surface area contributed by atoms with Crippen LogP contribution in [0.2, 0.25) is 0 Å². The molecule has 22 heavy (non-hydrogen) atoms. The van der Waals surface area contributed by atoms with Gasteiger partial charge in [-0.2, -0.15) is 5.10 Å². The number of fused-ring (bicyclic) bond motifs is 1. The molecule has 0 saturated carbocycles. The minimum absolute atomic E-state index is 0.226. The van der Waals surface area contributed by atoms with Crippen LogP contribution in [0.15, 0.2) is 41.3 Å². The number of carbonyl (C=O) groups is 1. The lowest BCUT2D eigenvalue weighted by molar-refractivity contribution is 0.0945. The van der Waals surface area contributed by atoms with E-state index in [1.807, 2.05) is 31.2 Å². The van der Waals surface area contributed by atoms with E-state index in [1.54, 1.807) is 13.1 Å². The molecule has 0 aliphatic heterocycles. The van der Waals surface area contributed by atoms with Crippen LogP contribution < -0.4 is 10.9 Å². The lowest BCUT2D eigenvalue weighted by Crippen LogP contribution is -2.23. The van der Waals surface area contributed by atoms with E-state index in [2.05, 4.69) is 15.4 Å². The van der Waals surface area contributed by atoms with Crippen molar-refractivity contribution in [3.63, 3.8) is 0 Å². The fraction of sp³-hybridized carbons (Fsp3) is 0.188. The summed E-state index contributed by atoms with van der Waals surface area (Å²) in [6.45, 7) is 4.19. The second-order valence-electron chi connectivity index (χ2n) is 5.30. The number of nitrogens with zero attached hydrogens (tertiary/aromatic N) is 2. The van der Waals surface area contributed by atoms with Crippen molar-refractivity contribution in [1.29, 1.82) is 0 Å². The van der Waals surface area contributed by atoms with Gasteiger partial charge in [0.05, 0.1) is 0 Å². The van der Waals surface area contributed by atoms with E-state index in [9.17, 15) is 9.59 Å². The van der Waals surface area contributed by atoms with Crippen molar-refractivity contribution < 1.29 is 4.79 Å². The predicted octanol–water partition coefficient (Wildman–Crippen LogP) is 1.57. The van der Waals surface area contributed by atoms with E-state index >= 15 is 0 Å². The van der Waals surface area contributed by atoms with Crippen molar-refractivity contribution in [3.8, 4) is 0 Å². The van der Waals surface area contributed by atoms with Crippen molar-refractivity contribution in [2.45, 2.75) is 20.4 Å². The van der Waals surface area contributed by atoms with Crippen LogP contribution in [0.25, 0.3) is 5.52 Å². The predicted molar refractivity (Wildman–Crippen MR) is 82.9 cm³/mol. The maximum absolute atomic E-state index is 12.2. The summed E-state index contributed by atoms with van der Waals surface area (Å²) >= 11 is 0. The largest absolute Gasteiger partial charge is 0.347 e. The van der Waals surface area contributed by atoms with Crippen molar-refractivity contribution in [3.05, 3.63) is 69.4 Å². The third kappa shape index (κ3) is 2.76. The molecule has 0 atom stereocenters. The highest BCUT2D eigenvalue weighted by Crippen LogP contribution is 2.05. The Balaban J connectivity index is 1.80. The Bertz CT molecular complexity index is 908. The monoisotopic (exact) mass is 296 g/mol. The highest BCUT2D eigenvalue weighted by molar-refractivity contribution is 5.93. The first-order chi connectivity index (χ1) is 10.5. The molecular formula is C16H16N4O2. The lowest BCUT2D eigenvalue weighted by atomic mass is 10.1. The molecule has 0 aliphatic carbocycles. The van der Waals surface area contributed by atoms with Crippen molar-refractivity contribution in [1.82, 2.24) is 19.9 Å². The molecule has 0 fully saturated rings. The van der Waals surface area contributed by atoms with E-state index in [4.69, 9.17) is 0 Å². The summed E-state index contributed by atoms with van der Waals surface area (Å²) in [5.41, 5.74) is 3.17. The molecule has 0 unspecified atom stereocenters. The molecule has 6 nitrogen and oxygen atoms in total. The summed E-state index contributed by atoms with van der Waals surface area (Å²) in [5.74, 6) is -0.303. The standard InChI is InChI=1S/C16H16N4O2/c1-10-4-3-5-12(6-10)8-17-15(21)13-7-14-16(22)18-11(2)9-20(14)19-13/h3-7,9H,8H2,1-2H3,(H,17,21)(H,18,22). The van der Waals surface area contributed by atoms with Gasteiger partial charge in [0, 0.05) is 24.5 Å². The fourth-order valence-electron chi connectivity index (χ4n) is 2.33. The molecule has 0 saturated heterocycles. The smallest absolute Gasteiger partial charge is 0.274 e. The third-order valence-corrected chi connectivity index (χ3v) is 3.36. The minimum Gasteiger partial charge on any atom is -0.347 e. The zero-order valence-electron chi connectivity index (χ0n) is 12.4. The van der Waals surface area contributed by atoms with Crippen LogP contribution in [0, 0.1) is 13.8 Å². The number of rotatable bonds is 3. The topological polar surface area (TPSA) is 79.3 Å². The highest BCUT2D eigenvalue weighted by Gasteiger charge is 2.12. The number of aryl methyl sites for hydroxylation is 2. The Kier molecular flexibility index (Phi) is 3.50. The maximum Gasteiger partial charge on any atom is 0.274 e. The summed E-state index contributed by atoms with van der Waals surface area (Å²) in [4.78, 5) is 26.7. The number of aromatic nitrogens is 3. The van der Waals surface area contributed by atoms with Crippen LogP contribution in [-0.2, 0) is 6.54 Å². The summed E-state index contributed by atoms with van der Waals surface area (Å²) in [6.07, 6.45) is 1.67. The van der Waals surface area contributed by atoms with Gasteiger partial charge < -0.3 is 10.3 Å². The molecule has 0 radical (unpaired) electrons. The van der Waals surface area contributed by atoms with Gasteiger partial charge in [0.25, 0.3) is 11.5 Å². The normalized spacial score (nSPS) is 10.8. The Morgan fingerprint density at radius 2 is 2.14 bits per heavy atom. The quantitative estimate of drug-likeness (QED) is 0.770. The van der Waals surface area contributed by atoms with Gasteiger partial charge in [-0.3, -0.25) is 9.59 Å². The number of nitrogens with one attached hydrogen (secondary N) is 2. The van der Waals surface area contributed by atoms with Crippen molar-refractivity contribution in [2.75, 3.05) is 0 Å². The van der Waals surface area contributed by atoms with E-state index in [0.717, 1.165) is 11.1 Å². The van der Waals surface area contributed by atoms with Crippen LogP contribution in [0.1, 0.15) is 27.3 Å². The molecule has 0 aliphatic rings. The van der Waals surface area contributed by atoms with Crippen LogP contribution in [0.3, 0.4) is 0 Å². The average Bonchev–Trinajstić information content (AvgIpc) is 2.89. The molecule has 0 spiro atoms. The van der Waals surface area contributed by atoms with Crippen LogP contribution in [0.5, 0.6) is 0 Å². The van der Waals surface area contributed by atoms with Gasteiger partial charge in [-0.05, 0) is 19.4 Å². The molecule has 2 aromatic heterocycles. The zero-order valence-corrected chi connectivity index (χ0v) is 12.4. The van der Waals surface area contributed by atoms with E-state index < -0.39 is 0 Å². The van der Waals surface area contributed by atoms with Crippen molar-refractivity contribution in [2.24, 2.45) is 0 Å². The van der Waals surface area contributed by atoms with Gasteiger partial charge in [0.15, 0.2) is 5.69 Å². The van der Waals surface area contributed by atoms with Crippen molar-refractivity contribution >= 4 is 11.4 Å². The van der Waals surface area contributed by atoms with Gasteiger partial charge in [0.2, 0.25) is 0 Å². The number of carbonyl (C=O) groups excluding carboxylic acids is 1. The Morgan fingerprint density at radius 3 is 2.91 bits per heavy atom. The third-order valence-electron chi connectivity index (χ3n) is 3.36. The summed E-state index contributed by atoms with van der Waals surface area (Å²) in [6, 6.07) is 9.40. The van der Waals surface area contributed by atoms with Gasteiger partial charge in [-0.25, -0.2) is 4.52 Å². The number of hydrogen-bond acceptors (Lipinski definition) is 3. The van der Waals surface area contributed by atoms with Gasteiger partial charge >= 0.3 is 0 Å². The number of benzene rings is 1. The molecule has 6 heteroatoms. The van der Waals surface area contributed by atoms with Gasteiger partial charge in [-0.15, -0.1) is 0 Å². The number of H-pyrrole nitrogens is 1. The maximum atomic E-state index is 12.2. The molecule has 2 heterocycles. The van der Waals surface area contributed by atoms with Crippen LogP contribution in [-0.4, -0.2) is 20.5 Å². The molecular weight excluding hydrogens is 280 g/mol. The molecule has 1 amide bonds. The lowest BCUT2D eigenvalue weighted by Gasteiger charge is -2.04. The molecule has 3 aromatic rings. The molecule has 1 aromatic carbocycles. The van der Waals surface area contributed by atoms with Crippen LogP contribution >= 0.6 is 0 Å². The SMILES string of the molecule is Cc1cccc(CNC(=O)c2cc3c(=O)[nH]c(C)cn3n2)c1. The minimum atomic E-state index is -0.303. The van der Waals surface area contributed by atoms with E-state index in [-0.39, 0.29) is 17.2 Å². The Labute approximate surface area is 126 Å². The molecule has 112 valence electrons. The van der Waals surface area contributed by atoms with E-state index in [1.165, 1.54) is 10.6 Å². The molecule has 0 bridgehead atoms. The van der Waals surface area contributed by atoms with Gasteiger partial charge in [0.1, 0.15) is 5.52 Å². The first-order valence-electron chi connectivity index (χ1n) is 6.96. The number of amides is 1. The Morgan fingerprint density at radius 1 is 1.32 bits per heavy atom. The van der Waals surface area contributed by atoms with Gasteiger partial charge in [-0.1, -0.05) is 29.8 Å². The summed E-state index contributed by atoms with van der Waals surface area (Å²) in [7, 11) is 0. The fourth-order valence-corrected chi connectivity index (χ4v) is 2.33. The van der Waals surface area contributed by atoms with E-state index in [0.29, 0.717) is 17.8 Å². The second kappa shape index (κ2) is 5.48. The summed E-state index contributed by atoms with van der Waals surface area (Å²) < 4.78 is 1.43. The van der Waals surface area contributed by atoms with Crippen LogP contribution in [0.4, 0.5) is 0 Å². The molecule has 2 N–H and O–H groups in total. The first-order valence-corrected chi connectivity index (χ1v) is 6.96. The zero-order chi connectivity index (χ0) is 15.7. The first kappa shape index (κ1) is 14.1.